The van der Waals surface area contributed by atoms with Crippen molar-refractivity contribution in [3.8, 4) is 0 Å². The Morgan fingerprint density at radius 2 is 1.62 bits per heavy atom. The highest BCUT2D eigenvalue weighted by atomic mass is 32.2. The van der Waals surface area contributed by atoms with Crippen LogP contribution in [0, 0.1) is 13.8 Å². The lowest BCUT2D eigenvalue weighted by Gasteiger charge is -2.15. The van der Waals surface area contributed by atoms with Gasteiger partial charge in [0.2, 0.25) is 10.0 Å². The highest BCUT2D eigenvalue weighted by Gasteiger charge is 2.27. The molecule has 0 N–H and O–H groups in total. The topological polar surface area (TPSA) is 71.7 Å². The fraction of sp³-hybridized carbons (Fsp3) is 0.333. The zero-order valence-electron chi connectivity index (χ0n) is 16.7. The first-order valence-electron chi connectivity index (χ1n) is 9.54. The fourth-order valence-corrected chi connectivity index (χ4v) is 6.35. The summed E-state index contributed by atoms with van der Waals surface area (Å²) in [7, 11) is -1.58. The van der Waals surface area contributed by atoms with Crippen molar-refractivity contribution in [1.29, 1.82) is 0 Å². The maximum absolute atomic E-state index is 12.7. The Morgan fingerprint density at radius 3 is 2.24 bits per heavy atom. The quantitative estimate of drug-likeness (QED) is 0.641. The molecule has 1 fully saturated rings. The van der Waals surface area contributed by atoms with Gasteiger partial charge in [-0.1, -0.05) is 23.5 Å². The third-order valence-electron chi connectivity index (χ3n) is 5.35. The van der Waals surface area contributed by atoms with Gasteiger partial charge in [-0.3, -0.25) is 4.79 Å². The summed E-state index contributed by atoms with van der Waals surface area (Å²) in [4.78, 5) is 17.8. The van der Waals surface area contributed by atoms with Crippen LogP contribution in [0.15, 0.2) is 46.3 Å². The van der Waals surface area contributed by atoms with Gasteiger partial charge < -0.3 is 4.57 Å². The first-order valence-corrected chi connectivity index (χ1v) is 11.8. The normalized spacial score (nSPS) is 16.0. The summed E-state index contributed by atoms with van der Waals surface area (Å²) in [5.41, 5.74) is 3.73. The maximum atomic E-state index is 12.7. The molecule has 0 unspecified atom stereocenters. The number of hydrogen-bond acceptors (Lipinski definition) is 4. The molecule has 2 aromatic carbocycles. The first kappa shape index (κ1) is 20.0. The Labute approximate surface area is 174 Å². The monoisotopic (exact) mass is 429 g/mol. The minimum Gasteiger partial charge on any atom is -0.319 e. The number of nitrogens with zero attached hydrogens (tertiary/aromatic N) is 3. The van der Waals surface area contributed by atoms with Crippen LogP contribution in [0.4, 0.5) is 0 Å². The van der Waals surface area contributed by atoms with Gasteiger partial charge in [0.1, 0.15) is 0 Å². The van der Waals surface area contributed by atoms with Gasteiger partial charge in [0.15, 0.2) is 4.80 Å². The van der Waals surface area contributed by atoms with Crippen LogP contribution in [-0.4, -0.2) is 36.3 Å². The predicted molar refractivity (Wildman–Crippen MR) is 115 cm³/mol. The van der Waals surface area contributed by atoms with Crippen molar-refractivity contribution in [3.63, 3.8) is 0 Å². The molecule has 0 bridgehead atoms. The summed E-state index contributed by atoms with van der Waals surface area (Å²) in [6.07, 6.45) is 1.78. The fourth-order valence-electron chi connectivity index (χ4n) is 3.67. The van der Waals surface area contributed by atoms with Gasteiger partial charge in [-0.05, 0) is 62.1 Å². The summed E-state index contributed by atoms with van der Waals surface area (Å²) in [6.45, 7) is 5.20. The van der Waals surface area contributed by atoms with Crippen LogP contribution < -0.4 is 4.80 Å². The molecule has 1 amide bonds. The average molecular weight is 430 g/mol. The van der Waals surface area contributed by atoms with Crippen molar-refractivity contribution in [2.24, 2.45) is 12.0 Å². The summed E-state index contributed by atoms with van der Waals surface area (Å²) in [6, 6.07) is 10.2. The molecule has 3 aromatic rings. The number of fused-ring (bicyclic) bond motifs is 1. The zero-order chi connectivity index (χ0) is 20.8. The van der Waals surface area contributed by atoms with E-state index < -0.39 is 10.0 Å². The van der Waals surface area contributed by atoms with E-state index in [9.17, 15) is 13.2 Å². The summed E-state index contributed by atoms with van der Waals surface area (Å²) in [5, 5.41) is 0. The van der Waals surface area contributed by atoms with E-state index in [4.69, 9.17) is 0 Å². The molecule has 29 heavy (non-hydrogen) atoms. The second kappa shape index (κ2) is 7.51. The third kappa shape index (κ3) is 3.56. The number of aryl methyl sites for hydroxylation is 3. The lowest BCUT2D eigenvalue weighted by molar-refractivity contribution is 0.0998. The van der Waals surface area contributed by atoms with Crippen molar-refractivity contribution in [1.82, 2.24) is 8.87 Å². The molecule has 2 heterocycles. The van der Waals surface area contributed by atoms with Gasteiger partial charge in [-0.2, -0.15) is 9.30 Å². The maximum Gasteiger partial charge on any atom is 0.279 e. The highest BCUT2D eigenvalue weighted by Crippen LogP contribution is 2.24. The number of aromatic nitrogens is 1. The van der Waals surface area contributed by atoms with E-state index in [1.807, 2.05) is 25.5 Å². The summed E-state index contributed by atoms with van der Waals surface area (Å²) >= 11 is 1.48. The van der Waals surface area contributed by atoms with Gasteiger partial charge in [-0.25, -0.2) is 8.42 Å². The Hall–Kier alpha value is -2.29. The molecule has 0 radical (unpaired) electrons. The predicted octanol–water partition coefficient (Wildman–Crippen LogP) is 3.38. The summed E-state index contributed by atoms with van der Waals surface area (Å²) < 4.78 is 29.8. The number of carbonyl (C=O) groups excluding carboxylic acids is 1. The molecule has 1 aliphatic rings. The van der Waals surface area contributed by atoms with Crippen molar-refractivity contribution >= 4 is 37.5 Å². The Kier molecular flexibility index (Phi) is 5.18. The van der Waals surface area contributed by atoms with E-state index >= 15 is 0 Å². The van der Waals surface area contributed by atoms with Gasteiger partial charge in [0.25, 0.3) is 5.91 Å². The SMILES string of the molecule is Cc1ccc(C)c2c1sc(=NC(=O)c1ccc(S(=O)(=O)N3CCCC3)cc1)n2C. The Balaban J connectivity index is 1.67. The van der Waals surface area contributed by atoms with E-state index in [1.165, 1.54) is 27.8 Å². The minimum atomic E-state index is -3.48. The Bertz CT molecular complexity index is 1260. The summed E-state index contributed by atoms with van der Waals surface area (Å²) in [5.74, 6) is -0.382. The number of carbonyl (C=O) groups is 1. The highest BCUT2D eigenvalue weighted by molar-refractivity contribution is 7.89. The van der Waals surface area contributed by atoms with Gasteiger partial charge in [0.05, 0.1) is 15.1 Å². The van der Waals surface area contributed by atoms with E-state index in [1.54, 1.807) is 12.1 Å². The minimum absolute atomic E-state index is 0.217. The number of rotatable bonds is 3. The largest absolute Gasteiger partial charge is 0.319 e. The molecule has 0 spiro atoms. The van der Waals surface area contributed by atoms with Crippen molar-refractivity contribution in [3.05, 3.63) is 57.9 Å². The van der Waals surface area contributed by atoms with Crippen LogP contribution in [0.25, 0.3) is 10.2 Å². The van der Waals surface area contributed by atoms with Crippen molar-refractivity contribution in [2.45, 2.75) is 31.6 Å². The van der Waals surface area contributed by atoms with Crippen LogP contribution in [0.5, 0.6) is 0 Å². The zero-order valence-corrected chi connectivity index (χ0v) is 18.3. The number of hydrogen-bond donors (Lipinski definition) is 0. The van der Waals surface area contributed by atoms with Crippen LogP contribution in [-0.2, 0) is 17.1 Å². The van der Waals surface area contributed by atoms with E-state index in [0.717, 1.165) is 34.2 Å². The molecule has 1 aliphatic heterocycles. The van der Waals surface area contributed by atoms with Crippen LogP contribution >= 0.6 is 11.3 Å². The van der Waals surface area contributed by atoms with Gasteiger partial charge in [0, 0.05) is 25.7 Å². The molecule has 0 saturated carbocycles. The molecule has 1 aromatic heterocycles. The van der Waals surface area contributed by atoms with Crippen LogP contribution in [0.3, 0.4) is 0 Å². The molecule has 1 saturated heterocycles. The molecular formula is C21H23N3O3S2. The average Bonchev–Trinajstić information content (AvgIpc) is 3.35. The van der Waals surface area contributed by atoms with Gasteiger partial charge >= 0.3 is 0 Å². The second-order valence-electron chi connectivity index (χ2n) is 7.37. The lowest BCUT2D eigenvalue weighted by atomic mass is 10.1. The van der Waals surface area contributed by atoms with Crippen LogP contribution in [0.1, 0.15) is 34.3 Å². The molecule has 8 heteroatoms. The standard InChI is InChI=1S/C21H23N3O3S2/c1-14-6-7-15(2)19-18(14)23(3)21(28-19)22-20(25)16-8-10-17(11-9-16)29(26,27)24-12-4-5-13-24/h6-11H,4-5,12-13H2,1-3H3. The molecule has 6 nitrogen and oxygen atoms in total. The smallest absolute Gasteiger partial charge is 0.279 e. The molecule has 0 aliphatic carbocycles. The molecule has 4 rings (SSSR count). The van der Waals surface area contributed by atoms with Gasteiger partial charge in [-0.15, -0.1) is 0 Å². The lowest BCUT2D eigenvalue weighted by Crippen LogP contribution is -2.27. The molecular weight excluding hydrogens is 406 g/mol. The Morgan fingerprint density at radius 1 is 1.00 bits per heavy atom. The number of sulfonamides is 1. The van der Waals surface area contributed by atoms with E-state index in [0.29, 0.717) is 23.5 Å². The third-order valence-corrected chi connectivity index (χ3v) is 8.53. The van der Waals surface area contributed by atoms with E-state index in [2.05, 4.69) is 17.1 Å². The molecule has 152 valence electrons. The van der Waals surface area contributed by atoms with Crippen LogP contribution in [0.2, 0.25) is 0 Å². The van der Waals surface area contributed by atoms with E-state index in [-0.39, 0.29) is 10.8 Å². The van der Waals surface area contributed by atoms with Crippen molar-refractivity contribution < 1.29 is 13.2 Å². The number of thiazole rings is 1. The molecule has 0 atom stereocenters. The number of amides is 1. The first-order chi connectivity index (χ1) is 13.8. The second-order valence-corrected chi connectivity index (χ2v) is 10.3. The number of benzene rings is 2. The van der Waals surface area contributed by atoms with Crippen molar-refractivity contribution in [2.75, 3.05) is 13.1 Å².